The molecule has 0 aliphatic heterocycles. The Labute approximate surface area is 110 Å². The van der Waals surface area contributed by atoms with Crippen LogP contribution in [0.3, 0.4) is 0 Å². The van der Waals surface area contributed by atoms with Crippen molar-refractivity contribution in [1.29, 1.82) is 5.26 Å². The van der Waals surface area contributed by atoms with E-state index < -0.39 is 0 Å². The molecule has 0 aliphatic rings. The quantitative estimate of drug-likeness (QED) is 0.873. The molecule has 1 rings (SSSR count). The van der Waals surface area contributed by atoms with Crippen molar-refractivity contribution in [3.05, 3.63) is 10.7 Å². The maximum atomic E-state index is 8.63. The minimum absolute atomic E-state index is 0.487. The highest BCUT2D eigenvalue weighted by atomic mass is 79.9. The topological polar surface area (TPSA) is 64.8 Å². The molecule has 0 saturated carbocycles. The van der Waals surface area contributed by atoms with Gasteiger partial charge in [-0.05, 0) is 29.8 Å². The number of halogens is 1. The number of anilines is 2. The standard InChI is InChI=1S/C11H16BrN5/c1-3-14-11-15-8-9(12)10(16-11)17(4-2)7-5-6-13/h8H,3-5,7H2,1-2H3,(H,14,15,16). The van der Waals surface area contributed by atoms with Crippen LogP contribution >= 0.6 is 15.9 Å². The average Bonchev–Trinajstić information content (AvgIpc) is 2.34. The van der Waals surface area contributed by atoms with Gasteiger partial charge < -0.3 is 10.2 Å². The van der Waals surface area contributed by atoms with Crippen molar-refractivity contribution in [2.24, 2.45) is 0 Å². The molecule has 0 atom stereocenters. The predicted molar refractivity (Wildman–Crippen MR) is 72.0 cm³/mol. The number of rotatable bonds is 6. The first-order chi connectivity index (χ1) is 8.22. The first-order valence-corrected chi connectivity index (χ1v) is 6.40. The van der Waals surface area contributed by atoms with Gasteiger partial charge in [0, 0.05) is 25.8 Å². The van der Waals surface area contributed by atoms with Gasteiger partial charge in [-0.2, -0.15) is 10.2 Å². The molecule has 0 aromatic carbocycles. The van der Waals surface area contributed by atoms with Crippen molar-refractivity contribution < 1.29 is 0 Å². The summed E-state index contributed by atoms with van der Waals surface area (Å²) in [4.78, 5) is 10.6. The van der Waals surface area contributed by atoms with E-state index in [0.717, 1.165) is 23.4 Å². The van der Waals surface area contributed by atoms with Crippen molar-refractivity contribution in [2.45, 2.75) is 20.3 Å². The number of nitrogens with one attached hydrogen (secondary N) is 1. The Morgan fingerprint density at radius 3 is 2.88 bits per heavy atom. The molecule has 6 heteroatoms. The summed E-state index contributed by atoms with van der Waals surface area (Å²) in [6.07, 6.45) is 2.22. The monoisotopic (exact) mass is 297 g/mol. The van der Waals surface area contributed by atoms with Gasteiger partial charge in [-0.25, -0.2) is 4.98 Å². The molecule has 0 spiro atoms. The zero-order valence-electron chi connectivity index (χ0n) is 10.1. The number of hydrogen-bond donors (Lipinski definition) is 1. The van der Waals surface area contributed by atoms with Gasteiger partial charge >= 0.3 is 0 Å². The Kier molecular flexibility index (Phi) is 5.70. The highest BCUT2D eigenvalue weighted by Gasteiger charge is 2.11. The molecular weight excluding hydrogens is 282 g/mol. The van der Waals surface area contributed by atoms with E-state index in [-0.39, 0.29) is 0 Å². The van der Waals surface area contributed by atoms with Crippen molar-refractivity contribution in [1.82, 2.24) is 9.97 Å². The van der Waals surface area contributed by atoms with E-state index in [1.165, 1.54) is 0 Å². The second-order valence-corrected chi connectivity index (χ2v) is 4.24. The zero-order chi connectivity index (χ0) is 12.7. The highest BCUT2D eigenvalue weighted by molar-refractivity contribution is 9.10. The first-order valence-electron chi connectivity index (χ1n) is 5.61. The van der Waals surface area contributed by atoms with E-state index in [1.54, 1.807) is 6.20 Å². The molecular formula is C11H16BrN5. The molecule has 0 bridgehead atoms. The molecule has 0 radical (unpaired) electrons. The van der Waals surface area contributed by atoms with Crippen LogP contribution in [0.1, 0.15) is 20.3 Å². The predicted octanol–water partition coefficient (Wildman–Crippen LogP) is 2.41. The molecule has 0 amide bonds. The average molecular weight is 298 g/mol. The molecule has 92 valence electrons. The summed E-state index contributed by atoms with van der Waals surface area (Å²) < 4.78 is 0.846. The van der Waals surface area contributed by atoms with E-state index in [1.807, 2.05) is 13.8 Å². The van der Waals surface area contributed by atoms with Gasteiger partial charge in [0.15, 0.2) is 0 Å². The van der Waals surface area contributed by atoms with Crippen molar-refractivity contribution >= 4 is 27.7 Å². The summed E-state index contributed by atoms with van der Waals surface area (Å²) in [6, 6.07) is 2.15. The molecule has 1 heterocycles. The zero-order valence-corrected chi connectivity index (χ0v) is 11.7. The fourth-order valence-corrected chi connectivity index (χ4v) is 1.86. The molecule has 1 aromatic heterocycles. The number of nitriles is 1. The van der Waals surface area contributed by atoms with Gasteiger partial charge in [-0.3, -0.25) is 0 Å². The SMILES string of the molecule is CCNc1ncc(Br)c(N(CC)CCC#N)n1. The largest absolute Gasteiger partial charge is 0.355 e. The Hall–Kier alpha value is -1.35. The fourth-order valence-electron chi connectivity index (χ4n) is 1.42. The summed E-state index contributed by atoms with van der Waals surface area (Å²) in [6.45, 7) is 6.31. The Bertz CT molecular complexity index is 401. The molecule has 0 aliphatic carbocycles. The first kappa shape index (κ1) is 13.7. The number of hydrogen-bond acceptors (Lipinski definition) is 5. The third-order valence-corrected chi connectivity index (χ3v) is 2.79. The van der Waals surface area contributed by atoms with E-state index in [9.17, 15) is 0 Å². The van der Waals surface area contributed by atoms with Crippen LogP contribution in [-0.4, -0.2) is 29.6 Å². The van der Waals surface area contributed by atoms with Gasteiger partial charge in [0.25, 0.3) is 0 Å². The second-order valence-electron chi connectivity index (χ2n) is 3.38. The van der Waals surface area contributed by atoms with Crippen molar-refractivity contribution in [3.8, 4) is 6.07 Å². The molecule has 1 aromatic rings. The molecule has 1 N–H and O–H groups in total. The van der Waals surface area contributed by atoms with Gasteiger partial charge in [-0.1, -0.05) is 0 Å². The summed E-state index contributed by atoms with van der Waals surface area (Å²) in [5, 5.41) is 11.7. The minimum atomic E-state index is 0.487. The summed E-state index contributed by atoms with van der Waals surface area (Å²) >= 11 is 3.44. The molecule has 0 saturated heterocycles. The lowest BCUT2D eigenvalue weighted by molar-refractivity contribution is 0.804. The van der Waals surface area contributed by atoms with Crippen LogP contribution in [0.2, 0.25) is 0 Å². The maximum absolute atomic E-state index is 8.63. The lowest BCUT2D eigenvalue weighted by Crippen LogP contribution is -2.25. The lowest BCUT2D eigenvalue weighted by atomic mass is 10.4. The third kappa shape index (κ3) is 3.86. The smallest absolute Gasteiger partial charge is 0.224 e. The van der Waals surface area contributed by atoms with Crippen LogP contribution in [0.25, 0.3) is 0 Å². The highest BCUT2D eigenvalue weighted by Crippen LogP contribution is 2.24. The summed E-state index contributed by atoms with van der Waals surface area (Å²) in [5.74, 6) is 1.44. The Balaban J connectivity index is 2.92. The number of nitrogens with zero attached hydrogens (tertiary/aromatic N) is 4. The Morgan fingerprint density at radius 1 is 1.53 bits per heavy atom. The van der Waals surface area contributed by atoms with Crippen LogP contribution in [0, 0.1) is 11.3 Å². The fraction of sp³-hybridized carbons (Fsp3) is 0.545. The lowest BCUT2D eigenvalue weighted by Gasteiger charge is -2.22. The molecule has 5 nitrogen and oxygen atoms in total. The molecule has 0 fully saturated rings. The normalized spacial score (nSPS) is 9.76. The van der Waals surface area contributed by atoms with E-state index in [2.05, 4.69) is 42.2 Å². The van der Waals surface area contributed by atoms with E-state index in [0.29, 0.717) is 18.9 Å². The summed E-state index contributed by atoms with van der Waals surface area (Å²) in [5.41, 5.74) is 0. The maximum Gasteiger partial charge on any atom is 0.224 e. The van der Waals surface area contributed by atoms with Crippen LogP contribution in [0.5, 0.6) is 0 Å². The Morgan fingerprint density at radius 2 is 2.29 bits per heavy atom. The van der Waals surface area contributed by atoms with Crippen LogP contribution in [0.15, 0.2) is 10.7 Å². The van der Waals surface area contributed by atoms with Crippen LogP contribution in [0.4, 0.5) is 11.8 Å². The van der Waals surface area contributed by atoms with Gasteiger partial charge in [-0.15, -0.1) is 0 Å². The molecule has 17 heavy (non-hydrogen) atoms. The van der Waals surface area contributed by atoms with E-state index >= 15 is 0 Å². The third-order valence-electron chi connectivity index (χ3n) is 2.24. The van der Waals surface area contributed by atoms with Crippen LogP contribution in [-0.2, 0) is 0 Å². The van der Waals surface area contributed by atoms with Crippen molar-refractivity contribution in [3.63, 3.8) is 0 Å². The second kappa shape index (κ2) is 7.07. The van der Waals surface area contributed by atoms with Gasteiger partial charge in [0.05, 0.1) is 17.0 Å². The van der Waals surface area contributed by atoms with Crippen LogP contribution < -0.4 is 10.2 Å². The molecule has 0 unspecified atom stereocenters. The summed E-state index contributed by atoms with van der Waals surface area (Å²) in [7, 11) is 0. The van der Waals surface area contributed by atoms with Gasteiger partial charge in [0.1, 0.15) is 5.82 Å². The van der Waals surface area contributed by atoms with Crippen molar-refractivity contribution in [2.75, 3.05) is 29.9 Å². The minimum Gasteiger partial charge on any atom is -0.355 e. The number of aromatic nitrogens is 2. The van der Waals surface area contributed by atoms with Gasteiger partial charge in [0.2, 0.25) is 5.95 Å². The van der Waals surface area contributed by atoms with E-state index in [4.69, 9.17) is 5.26 Å².